The molecular weight excluding hydrogens is 180 g/mol. The van der Waals surface area contributed by atoms with E-state index in [1.165, 1.54) is 0 Å². The van der Waals surface area contributed by atoms with Gasteiger partial charge in [0.15, 0.2) is 0 Å². The molecule has 0 aromatic heterocycles. The number of ether oxygens (including phenoxy) is 1. The van der Waals surface area contributed by atoms with Gasteiger partial charge in [-0.1, -0.05) is 0 Å². The fraction of sp³-hybridized carbons (Fsp3) is 0.900. The first-order chi connectivity index (χ1) is 6.63. The number of carbonyl (C=O) groups is 1. The maximum atomic E-state index is 12.0. The Morgan fingerprint density at radius 3 is 2.50 bits per heavy atom. The van der Waals surface area contributed by atoms with Crippen LogP contribution in [0.3, 0.4) is 0 Å². The molecule has 0 atom stereocenters. The van der Waals surface area contributed by atoms with Crippen molar-refractivity contribution in [3.05, 3.63) is 0 Å². The van der Waals surface area contributed by atoms with Crippen molar-refractivity contribution in [2.45, 2.75) is 37.3 Å². The molecule has 0 spiro atoms. The largest absolute Gasteiger partial charge is 0.381 e. The Labute approximate surface area is 84.4 Å². The first kappa shape index (κ1) is 9.93. The number of nitrogens with two attached hydrogens (primary N) is 1. The van der Waals surface area contributed by atoms with Gasteiger partial charge in [0.1, 0.15) is 0 Å². The fourth-order valence-corrected chi connectivity index (χ4v) is 1.93. The van der Waals surface area contributed by atoms with Crippen LogP contribution in [0.1, 0.15) is 25.7 Å². The van der Waals surface area contributed by atoms with Crippen molar-refractivity contribution in [1.29, 1.82) is 0 Å². The second-order valence-electron chi connectivity index (χ2n) is 4.42. The van der Waals surface area contributed by atoms with Crippen LogP contribution in [0.2, 0.25) is 0 Å². The van der Waals surface area contributed by atoms with Gasteiger partial charge in [-0.15, -0.1) is 0 Å². The molecule has 0 radical (unpaired) electrons. The lowest BCUT2D eigenvalue weighted by Gasteiger charge is -2.35. The highest BCUT2D eigenvalue weighted by Gasteiger charge is 2.41. The zero-order valence-electron chi connectivity index (χ0n) is 8.66. The van der Waals surface area contributed by atoms with Crippen molar-refractivity contribution in [1.82, 2.24) is 4.90 Å². The lowest BCUT2D eigenvalue weighted by atomic mass is 9.90. The lowest BCUT2D eigenvalue weighted by molar-refractivity contribution is -0.139. The summed E-state index contributed by atoms with van der Waals surface area (Å²) in [4.78, 5) is 13.9. The minimum atomic E-state index is -0.657. The molecule has 4 nitrogen and oxygen atoms in total. The summed E-state index contributed by atoms with van der Waals surface area (Å²) in [6, 6.07) is 0.450. The van der Waals surface area contributed by atoms with Crippen molar-refractivity contribution in [3.8, 4) is 0 Å². The fourth-order valence-electron chi connectivity index (χ4n) is 1.93. The first-order valence-corrected chi connectivity index (χ1v) is 5.27. The summed E-state index contributed by atoms with van der Waals surface area (Å²) in [5, 5.41) is 0. The van der Waals surface area contributed by atoms with E-state index in [0.29, 0.717) is 32.1 Å². The van der Waals surface area contributed by atoms with Crippen molar-refractivity contribution in [2.75, 3.05) is 20.3 Å². The lowest BCUT2D eigenvalue weighted by Crippen LogP contribution is -2.57. The van der Waals surface area contributed by atoms with Crippen LogP contribution in [-0.2, 0) is 9.53 Å². The van der Waals surface area contributed by atoms with Crippen molar-refractivity contribution in [3.63, 3.8) is 0 Å². The average Bonchev–Trinajstić information content (AvgIpc) is 3.00. The summed E-state index contributed by atoms with van der Waals surface area (Å²) in [6.45, 7) is 1.22. The highest BCUT2D eigenvalue weighted by molar-refractivity contribution is 5.86. The van der Waals surface area contributed by atoms with E-state index >= 15 is 0 Å². The highest BCUT2D eigenvalue weighted by atomic mass is 16.5. The quantitative estimate of drug-likeness (QED) is 0.685. The third-order valence-corrected chi connectivity index (χ3v) is 3.23. The molecule has 14 heavy (non-hydrogen) atoms. The zero-order chi connectivity index (χ0) is 10.2. The maximum absolute atomic E-state index is 12.0. The second-order valence-corrected chi connectivity index (χ2v) is 4.42. The normalized spacial score (nSPS) is 25.9. The number of hydrogen-bond acceptors (Lipinski definition) is 3. The number of amides is 1. The molecule has 1 heterocycles. The van der Waals surface area contributed by atoms with Gasteiger partial charge in [0.2, 0.25) is 5.91 Å². The van der Waals surface area contributed by atoms with Crippen LogP contribution in [0, 0.1) is 0 Å². The summed E-state index contributed by atoms with van der Waals surface area (Å²) in [6.07, 6.45) is 3.58. The molecule has 0 unspecified atom stereocenters. The topological polar surface area (TPSA) is 55.6 Å². The third-order valence-electron chi connectivity index (χ3n) is 3.23. The van der Waals surface area contributed by atoms with E-state index in [1.54, 1.807) is 0 Å². The monoisotopic (exact) mass is 198 g/mol. The minimum Gasteiger partial charge on any atom is -0.381 e. The zero-order valence-corrected chi connectivity index (χ0v) is 8.66. The van der Waals surface area contributed by atoms with Gasteiger partial charge in [0.25, 0.3) is 0 Å². The summed E-state index contributed by atoms with van der Waals surface area (Å²) in [5.74, 6) is 0.100. The van der Waals surface area contributed by atoms with Crippen molar-refractivity contribution < 1.29 is 9.53 Å². The highest BCUT2D eigenvalue weighted by Crippen LogP contribution is 2.29. The first-order valence-electron chi connectivity index (χ1n) is 5.27. The summed E-state index contributed by atoms with van der Waals surface area (Å²) < 4.78 is 5.22. The Hall–Kier alpha value is -0.610. The molecule has 4 heteroatoms. The van der Waals surface area contributed by atoms with Crippen LogP contribution in [0.4, 0.5) is 0 Å². The molecule has 2 aliphatic rings. The number of nitrogens with zero attached hydrogens (tertiary/aromatic N) is 1. The Bertz CT molecular complexity index is 232. The molecule has 2 rings (SSSR count). The molecule has 1 saturated heterocycles. The van der Waals surface area contributed by atoms with Gasteiger partial charge in [-0.2, -0.15) is 0 Å². The van der Waals surface area contributed by atoms with E-state index in [2.05, 4.69) is 0 Å². The molecule has 0 aromatic rings. The van der Waals surface area contributed by atoms with Crippen molar-refractivity contribution in [2.24, 2.45) is 5.73 Å². The van der Waals surface area contributed by atoms with Crippen LogP contribution in [0.15, 0.2) is 0 Å². The van der Waals surface area contributed by atoms with Gasteiger partial charge in [0, 0.05) is 26.3 Å². The van der Waals surface area contributed by atoms with E-state index in [0.717, 1.165) is 12.8 Å². The Morgan fingerprint density at radius 1 is 1.43 bits per heavy atom. The van der Waals surface area contributed by atoms with Gasteiger partial charge in [-0.3, -0.25) is 4.79 Å². The smallest absolute Gasteiger partial charge is 0.242 e. The van der Waals surface area contributed by atoms with Gasteiger partial charge in [-0.25, -0.2) is 0 Å². The predicted octanol–water partition coefficient (Wildman–Crippen LogP) is 0.115. The van der Waals surface area contributed by atoms with Gasteiger partial charge >= 0.3 is 0 Å². The molecule has 2 N–H and O–H groups in total. The molecule has 1 aliphatic heterocycles. The Morgan fingerprint density at radius 2 is 2.00 bits per heavy atom. The number of rotatable bonds is 2. The minimum absolute atomic E-state index is 0.100. The van der Waals surface area contributed by atoms with Crippen LogP contribution >= 0.6 is 0 Å². The van der Waals surface area contributed by atoms with Gasteiger partial charge in [0.05, 0.1) is 5.54 Å². The predicted molar refractivity (Wildman–Crippen MR) is 52.8 cm³/mol. The second kappa shape index (κ2) is 3.51. The Balaban J connectivity index is 2.00. The summed E-state index contributed by atoms with van der Waals surface area (Å²) in [5.41, 5.74) is 5.44. The molecule has 1 aliphatic carbocycles. The molecule has 1 amide bonds. The van der Waals surface area contributed by atoms with Crippen LogP contribution in [0.5, 0.6) is 0 Å². The molecule has 0 bridgehead atoms. The van der Waals surface area contributed by atoms with E-state index in [1.807, 2.05) is 11.9 Å². The van der Waals surface area contributed by atoms with Crippen LogP contribution in [-0.4, -0.2) is 42.6 Å². The molecule has 2 fully saturated rings. The maximum Gasteiger partial charge on any atom is 0.242 e. The van der Waals surface area contributed by atoms with E-state index in [4.69, 9.17) is 10.5 Å². The van der Waals surface area contributed by atoms with E-state index in [9.17, 15) is 4.79 Å². The van der Waals surface area contributed by atoms with Gasteiger partial charge in [-0.05, 0) is 25.7 Å². The molecule has 80 valence electrons. The third kappa shape index (κ3) is 1.77. The molecular formula is C10H18N2O2. The van der Waals surface area contributed by atoms with Crippen LogP contribution in [0.25, 0.3) is 0 Å². The molecule has 1 saturated carbocycles. The number of hydrogen-bond donors (Lipinski definition) is 1. The number of carbonyl (C=O) groups excluding carboxylic acids is 1. The number of likely N-dealkylation sites (N-methyl/N-ethyl adjacent to an activating group) is 1. The standard InChI is InChI=1S/C10H18N2O2/c1-12(8-2-3-8)9(13)10(11)4-6-14-7-5-10/h8H,2-7,11H2,1H3. The van der Waals surface area contributed by atoms with Crippen LogP contribution < -0.4 is 5.73 Å². The SMILES string of the molecule is CN(C(=O)C1(N)CCOCC1)C1CC1. The average molecular weight is 198 g/mol. The summed E-state index contributed by atoms with van der Waals surface area (Å²) in [7, 11) is 1.87. The Kier molecular flexibility index (Phi) is 2.49. The molecule has 0 aromatic carbocycles. The summed E-state index contributed by atoms with van der Waals surface area (Å²) >= 11 is 0. The van der Waals surface area contributed by atoms with Gasteiger partial charge < -0.3 is 15.4 Å². The van der Waals surface area contributed by atoms with E-state index < -0.39 is 5.54 Å². The van der Waals surface area contributed by atoms with Crippen molar-refractivity contribution >= 4 is 5.91 Å². The van der Waals surface area contributed by atoms with E-state index in [-0.39, 0.29) is 5.91 Å².